The maximum Gasteiger partial charge on any atom is 0.339 e. The zero-order valence-electron chi connectivity index (χ0n) is 10.0. The molecular weight excluding hydrogens is 284 g/mol. The van der Waals surface area contributed by atoms with Gasteiger partial charge in [0.2, 0.25) is 0 Å². The topological polar surface area (TPSA) is 99.5 Å². The van der Waals surface area contributed by atoms with Crippen molar-refractivity contribution in [1.29, 1.82) is 0 Å². The number of aromatic carboxylic acids is 1. The highest BCUT2D eigenvalue weighted by Crippen LogP contribution is 2.21. The summed E-state index contributed by atoms with van der Waals surface area (Å²) in [6.07, 6.45) is 1.33. The number of rotatable bonds is 3. The van der Waals surface area contributed by atoms with Crippen LogP contribution in [0.25, 0.3) is 0 Å². The lowest BCUT2D eigenvalue weighted by atomic mass is 10.1. The van der Waals surface area contributed by atoms with Gasteiger partial charge in [0.15, 0.2) is 0 Å². The molecule has 0 fully saturated rings. The number of halogens is 1. The summed E-state index contributed by atoms with van der Waals surface area (Å²) in [4.78, 5) is 26.6. The third-order valence-electron chi connectivity index (χ3n) is 2.44. The highest BCUT2D eigenvalue weighted by Gasteiger charge is 2.12. The van der Waals surface area contributed by atoms with Crippen molar-refractivity contribution in [3.63, 3.8) is 0 Å². The first-order valence-corrected chi connectivity index (χ1v) is 5.84. The Morgan fingerprint density at radius 1 is 1.20 bits per heavy atom. The molecule has 1 heterocycles. The van der Waals surface area contributed by atoms with Crippen LogP contribution in [-0.2, 0) is 0 Å². The first-order valence-electron chi connectivity index (χ1n) is 5.46. The van der Waals surface area contributed by atoms with Crippen LogP contribution in [0.2, 0.25) is 5.02 Å². The number of nitrogens with one attached hydrogen (secondary N) is 1. The SMILES string of the molecule is O=C(Nc1ccc(O)c(C(=O)O)c1)c1ccc(Cl)cn1. The van der Waals surface area contributed by atoms with Gasteiger partial charge in [0.05, 0.1) is 5.02 Å². The molecule has 0 saturated heterocycles. The van der Waals surface area contributed by atoms with Gasteiger partial charge in [-0.25, -0.2) is 9.78 Å². The molecule has 20 heavy (non-hydrogen) atoms. The maximum atomic E-state index is 11.9. The molecule has 0 saturated carbocycles. The van der Waals surface area contributed by atoms with Gasteiger partial charge < -0.3 is 15.5 Å². The van der Waals surface area contributed by atoms with Gasteiger partial charge in [-0.05, 0) is 30.3 Å². The first kappa shape index (κ1) is 13.8. The van der Waals surface area contributed by atoms with E-state index >= 15 is 0 Å². The minimum absolute atomic E-state index is 0.138. The molecule has 102 valence electrons. The lowest BCUT2D eigenvalue weighted by Gasteiger charge is -2.06. The summed E-state index contributed by atoms with van der Waals surface area (Å²) in [5.41, 5.74) is 0.0770. The van der Waals surface area contributed by atoms with Gasteiger partial charge in [-0.1, -0.05) is 11.6 Å². The van der Waals surface area contributed by atoms with Crippen molar-refractivity contribution in [2.45, 2.75) is 0 Å². The van der Waals surface area contributed by atoms with Crippen LogP contribution in [0.4, 0.5) is 5.69 Å². The van der Waals surface area contributed by atoms with Gasteiger partial charge >= 0.3 is 5.97 Å². The molecule has 1 aromatic carbocycles. The zero-order chi connectivity index (χ0) is 14.7. The van der Waals surface area contributed by atoms with Crippen LogP contribution < -0.4 is 5.32 Å². The highest BCUT2D eigenvalue weighted by atomic mass is 35.5. The Morgan fingerprint density at radius 3 is 2.55 bits per heavy atom. The molecule has 0 spiro atoms. The molecule has 0 aliphatic rings. The number of aromatic hydroxyl groups is 1. The van der Waals surface area contributed by atoms with E-state index in [1.54, 1.807) is 0 Å². The summed E-state index contributed by atoms with van der Waals surface area (Å²) in [5.74, 6) is -2.17. The van der Waals surface area contributed by atoms with Gasteiger partial charge in [-0.3, -0.25) is 4.79 Å². The Labute approximate surface area is 118 Å². The van der Waals surface area contributed by atoms with Crippen molar-refractivity contribution in [2.24, 2.45) is 0 Å². The highest BCUT2D eigenvalue weighted by molar-refractivity contribution is 6.30. The van der Waals surface area contributed by atoms with Crippen molar-refractivity contribution in [1.82, 2.24) is 4.98 Å². The predicted octanol–water partition coefficient (Wildman–Crippen LogP) is 2.39. The first-order chi connectivity index (χ1) is 9.47. The number of pyridine rings is 1. The third-order valence-corrected chi connectivity index (χ3v) is 2.67. The second-order valence-electron chi connectivity index (χ2n) is 3.85. The van der Waals surface area contributed by atoms with Gasteiger partial charge in [-0.15, -0.1) is 0 Å². The summed E-state index contributed by atoms with van der Waals surface area (Å²) in [6.45, 7) is 0. The molecule has 1 aromatic heterocycles. The molecule has 0 aliphatic heterocycles. The summed E-state index contributed by atoms with van der Waals surface area (Å²) < 4.78 is 0. The Morgan fingerprint density at radius 2 is 1.95 bits per heavy atom. The Hall–Kier alpha value is -2.60. The largest absolute Gasteiger partial charge is 0.507 e. The number of amides is 1. The smallest absolute Gasteiger partial charge is 0.339 e. The number of phenols is 1. The van der Waals surface area contributed by atoms with E-state index in [0.29, 0.717) is 5.02 Å². The molecule has 0 radical (unpaired) electrons. The maximum absolute atomic E-state index is 11.9. The predicted molar refractivity (Wildman–Crippen MR) is 72.3 cm³/mol. The van der Waals surface area contributed by atoms with Crippen LogP contribution in [0.1, 0.15) is 20.8 Å². The van der Waals surface area contributed by atoms with Gasteiger partial charge in [0.1, 0.15) is 17.0 Å². The number of nitrogens with zero attached hydrogens (tertiary/aromatic N) is 1. The summed E-state index contributed by atoms with van der Waals surface area (Å²) in [5, 5.41) is 21.1. The Bertz CT molecular complexity index is 671. The van der Waals surface area contributed by atoms with Crippen molar-refractivity contribution in [3.05, 3.63) is 52.8 Å². The number of carbonyl (C=O) groups excluding carboxylic acids is 1. The quantitative estimate of drug-likeness (QED) is 0.754. The molecule has 6 nitrogen and oxygen atoms in total. The number of hydrogen-bond acceptors (Lipinski definition) is 4. The Kier molecular flexibility index (Phi) is 3.86. The van der Waals surface area contributed by atoms with Crippen molar-refractivity contribution < 1.29 is 19.8 Å². The van der Waals surface area contributed by atoms with Crippen molar-refractivity contribution in [2.75, 3.05) is 5.32 Å². The van der Waals surface area contributed by atoms with Crippen LogP contribution >= 0.6 is 11.6 Å². The number of anilines is 1. The monoisotopic (exact) mass is 292 g/mol. The van der Waals surface area contributed by atoms with E-state index in [2.05, 4.69) is 10.3 Å². The fourth-order valence-corrected chi connectivity index (χ4v) is 1.60. The normalized spacial score (nSPS) is 10.1. The van der Waals surface area contributed by atoms with E-state index in [0.717, 1.165) is 6.07 Å². The third kappa shape index (κ3) is 3.04. The second kappa shape index (κ2) is 5.58. The number of carboxylic acids is 1. The van der Waals surface area contributed by atoms with E-state index in [1.807, 2.05) is 0 Å². The van der Waals surface area contributed by atoms with Crippen molar-refractivity contribution in [3.8, 4) is 5.75 Å². The van der Waals surface area contributed by atoms with Crippen LogP contribution in [0.15, 0.2) is 36.5 Å². The van der Waals surface area contributed by atoms with Crippen LogP contribution in [0.5, 0.6) is 5.75 Å². The number of hydrogen-bond donors (Lipinski definition) is 3. The Balaban J connectivity index is 2.21. The average Bonchev–Trinajstić information content (AvgIpc) is 2.41. The molecule has 1 amide bonds. The van der Waals surface area contributed by atoms with Gasteiger partial charge in [0.25, 0.3) is 5.91 Å². The molecule has 0 atom stereocenters. The molecule has 0 aliphatic carbocycles. The molecule has 0 unspecified atom stereocenters. The summed E-state index contributed by atoms with van der Waals surface area (Å²) >= 11 is 5.66. The van der Waals surface area contributed by atoms with Crippen LogP contribution in [0, 0.1) is 0 Å². The minimum Gasteiger partial charge on any atom is -0.507 e. The minimum atomic E-state index is -1.29. The lowest BCUT2D eigenvalue weighted by Crippen LogP contribution is -2.13. The fourth-order valence-electron chi connectivity index (χ4n) is 1.49. The van der Waals surface area contributed by atoms with Crippen LogP contribution in [0.3, 0.4) is 0 Å². The molecule has 3 N–H and O–H groups in total. The van der Waals surface area contributed by atoms with E-state index in [1.165, 1.54) is 30.5 Å². The zero-order valence-corrected chi connectivity index (χ0v) is 10.8. The van der Waals surface area contributed by atoms with Crippen LogP contribution in [-0.4, -0.2) is 27.1 Å². The molecule has 0 bridgehead atoms. The molecular formula is C13H9ClN2O4. The standard InChI is InChI=1S/C13H9ClN2O4/c14-7-1-3-10(15-6-7)12(18)16-8-2-4-11(17)9(5-8)13(19)20/h1-6,17H,(H,16,18)(H,19,20). The number of carbonyl (C=O) groups is 2. The van der Waals surface area contributed by atoms with Gasteiger partial charge in [-0.2, -0.15) is 0 Å². The average molecular weight is 293 g/mol. The van der Waals surface area contributed by atoms with E-state index in [-0.39, 0.29) is 22.7 Å². The summed E-state index contributed by atoms with van der Waals surface area (Å²) in [6, 6.07) is 6.69. The lowest BCUT2D eigenvalue weighted by molar-refractivity contribution is 0.0693. The van der Waals surface area contributed by atoms with E-state index < -0.39 is 11.9 Å². The molecule has 2 aromatic rings. The fraction of sp³-hybridized carbons (Fsp3) is 0. The number of benzene rings is 1. The molecule has 7 heteroatoms. The molecule has 2 rings (SSSR count). The number of aromatic nitrogens is 1. The van der Waals surface area contributed by atoms with E-state index in [4.69, 9.17) is 16.7 Å². The summed E-state index contributed by atoms with van der Waals surface area (Å²) in [7, 11) is 0. The van der Waals surface area contributed by atoms with Gasteiger partial charge in [0, 0.05) is 11.9 Å². The van der Waals surface area contributed by atoms with Crippen molar-refractivity contribution >= 4 is 29.2 Å². The van der Waals surface area contributed by atoms with E-state index in [9.17, 15) is 14.7 Å². The number of carboxylic acid groups (broad SMARTS) is 1. The second-order valence-corrected chi connectivity index (χ2v) is 4.29.